The Balaban J connectivity index is 1.85. The maximum atomic E-state index is 12.7. The first-order valence-electron chi connectivity index (χ1n) is 7.75. The van der Waals surface area contributed by atoms with Gasteiger partial charge in [0.15, 0.2) is 0 Å². The number of hydrogen-bond acceptors (Lipinski definition) is 4. The van der Waals surface area contributed by atoms with E-state index in [0.717, 1.165) is 11.4 Å². The maximum Gasteiger partial charge on any atom is 0.262 e. The van der Waals surface area contributed by atoms with Crippen molar-refractivity contribution in [1.82, 2.24) is 14.9 Å². The SMILES string of the molecule is CC(=O)Nc1ccc(C(=O)N[C@H](c2ccccc2)c2nccn2C)s1. The number of nitrogens with zero attached hydrogens (tertiary/aromatic N) is 2. The molecule has 25 heavy (non-hydrogen) atoms. The van der Waals surface area contributed by atoms with Crippen molar-refractivity contribution in [3.8, 4) is 0 Å². The number of aromatic nitrogens is 2. The molecule has 0 unspecified atom stereocenters. The van der Waals surface area contributed by atoms with Crippen molar-refractivity contribution in [3.63, 3.8) is 0 Å². The number of rotatable bonds is 5. The first kappa shape index (κ1) is 16.9. The van der Waals surface area contributed by atoms with E-state index in [0.29, 0.717) is 9.88 Å². The molecule has 2 amide bonds. The predicted molar refractivity (Wildman–Crippen MR) is 97.6 cm³/mol. The smallest absolute Gasteiger partial charge is 0.262 e. The highest BCUT2D eigenvalue weighted by Gasteiger charge is 2.22. The van der Waals surface area contributed by atoms with E-state index < -0.39 is 0 Å². The van der Waals surface area contributed by atoms with Crippen LogP contribution in [0.15, 0.2) is 54.9 Å². The van der Waals surface area contributed by atoms with Crippen molar-refractivity contribution in [1.29, 1.82) is 0 Å². The van der Waals surface area contributed by atoms with Gasteiger partial charge in [0.25, 0.3) is 5.91 Å². The number of imidazole rings is 1. The van der Waals surface area contributed by atoms with Gasteiger partial charge in [-0.3, -0.25) is 9.59 Å². The summed E-state index contributed by atoms with van der Waals surface area (Å²) in [7, 11) is 1.89. The summed E-state index contributed by atoms with van der Waals surface area (Å²) in [5.74, 6) is 0.376. The van der Waals surface area contributed by atoms with Gasteiger partial charge in [-0.25, -0.2) is 4.98 Å². The highest BCUT2D eigenvalue weighted by atomic mass is 32.1. The van der Waals surface area contributed by atoms with Crippen LogP contribution >= 0.6 is 11.3 Å². The van der Waals surface area contributed by atoms with E-state index in [-0.39, 0.29) is 17.9 Å². The molecule has 128 valence electrons. The summed E-state index contributed by atoms with van der Waals surface area (Å²) in [4.78, 5) is 28.7. The minimum absolute atomic E-state index is 0.163. The van der Waals surface area contributed by atoms with Gasteiger partial charge in [0.1, 0.15) is 11.9 Å². The quantitative estimate of drug-likeness (QED) is 0.740. The van der Waals surface area contributed by atoms with Gasteiger partial charge >= 0.3 is 0 Å². The van der Waals surface area contributed by atoms with E-state index >= 15 is 0 Å². The number of anilines is 1. The minimum Gasteiger partial charge on any atom is -0.337 e. The molecule has 1 atom stereocenters. The predicted octanol–water partition coefficient (Wildman–Crippen LogP) is 2.96. The molecular weight excluding hydrogens is 336 g/mol. The first-order valence-corrected chi connectivity index (χ1v) is 8.56. The second-order valence-electron chi connectivity index (χ2n) is 5.56. The lowest BCUT2D eigenvalue weighted by atomic mass is 10.1. The summed E-state index contributed by atoms with van der Waals surface area (Å²) < 4.78 is 1.88. The van der Waals surface area contributed by atoms with E-state index in [1.54, 1.807) is 18.3 Å². The highest BCUT2D eigenvalue weighted by Crippen LogP contribution is 2.25. The molecule has 6 nitrogen and oxygen atoms in total. The normalized spacial score (nSPS) is 11.8. The van der Waals surface area contributed by atoms with Crippen LogP contribution in [0.5, 0.6) is 0 Å². The molecule has 3 rings (SSSR count). The average Bonchev–Trinajstić information content (AvgIpc) is 3.22. The number of benzene rings is 1. The summed E-state index contributed by atoms with van der Waals surface area (Å²) in [6.07, 6.45) is 3.55. The summed E-state index contributed by atoms with van der Waals surface area (Å²) in [6, 6.07) is 12.8. The van der Waals surface area contributed by atoms with Crippen molar-refractivity contribution >= 4 is 28.2 Å². The number of thiophene rings is 1. The molecule has 0 aliphatic rings. The van der Waals surface area contributed by atoms with Gasteiger partial charge in [-0.1, -0.05) is 30.3 Å². The fourth-order valence-corrected chi connectivity index (χ4v) is 3.36. The van der Waals surface area contributed by atoms with Crippen LogP contribution in [0.4, 0.5) is 5.00 Å². The Morgan fingerprint density at radius 3 is 2.56 bits per heavy atom. The van der Waals surface area contributed by atoms with E-state index in [2.05, 4.69) is 15.6 Å². The van der Waals surface area contributed by atoms with E-state index in [1.165, 1.54) is 18.3 Å². The Labute approximate surface area is 149 Å². The van der Waals surface area contributed by atoms with Crippen molar-refractivity contribution < 1.29 is 9.59 Å². The van der Waals surface area contributed by atoms with Crippen LogP contribution in [0, 0.1) is 0 Å². The van der Waals surface area contributed by atoms with Crippen LogP contribution in [0.1, 0.15) is 34.0 Å². The average molecular weight is 354 g/mol. The standard InChI is InChI=1S/C18H18N4O2S/c1-12(23)20-15-9-8-14(25-15)18(24)21-16(13-6-4-3-5-7-13)17-19-10-11-22(17)2/h3-11,16H,1-2H3,(H,20,23)(H,21,24)/t16-/m1/s1. The van der Waals surface area contributed by atoms with E-state index in [9.17, 15) is 9.59 Å². The first-order chi connectivity index (χ1) is 12.0. The van der Waals surface area contributed by atoms with Crippen molar-refractivity contribution in [2.75, 3.05) is 5.32 Å². The second-order valence-corrected chi connectivity index (χ2v) is 6.64. The molecule has 7 heteroatoms. The molecule has 3 aromatic rings. The Hall–Kier alpha value is -2.93. The molecule has 0 radical (unpaired) electrons. The lowest BCUT2D eigenvalue weighted by molar-refractivity contribution is -0.114. The second kappa shape index (κ2) is 7.31. The summed E-state index contributed by atoms with van der Waals surface area (Å²) in [5.41, 5.74) is 0.948. The fourth-order valence-electron chi connectivity index (χ4n) is 2.50. The van der Waals surface area contributed by atoms with Crippen LogP contribution in [-0.2, 0) is 11.8 Å². The number of carbonyl (C=O) groups excluding carboxylic acids is 2. The zero-order chi connectivity index (χ0) is 17.8. The molecule has 0 saturated heterocycles. The third kappa shape index (κ3) is 3.95. The van der Waals surface area contributed by atoms with Gasteiger partial charge in [0, 0.05) is 26.4 Å². The van der Waals surface area contributed by atoms with Crippen LogP contribution in [0.25, 0.3) is 0 Å². The summed E-state index contributed by atoms with van der Waals surface area (Å²) >= 11 is 1.24. The molecule has 0 spiro atoms. The molecule has 0 aliphatic carbocycles. The molecule has 2 aromatic heterocycles. The topological polar surface area (TPSA) is 76.0 Å². The van der Waals surface area contributed by atoms with Gasteiger partial charge in [-0.2, -0.15) is 0 Å². The van der Waals surface area contributed by atoms with Crippen LogP contribution in [-0.4, -0.2) is 21.4 Å². The van der Waals surface area contributed by atoms with E-state index in [1.807, 2.05) is 48.1 Å². The number of aryl methyl sites for hydroxylation is 1. The fraction of sp³-hybridized carbons (Fsp3) is 0.167. The summed E-state index contributed by atoms with van der Waals surface area (Å²) in [6.45, 7) is 1.44. The van der Waals surface area contributed by atoms with Gasteiger partial charge in [0.05, 0.1) is 9.88 Å². The summed E-state index contributed by atoms with van der Waals surface area (Å²) in [5, 5.41) is 6.36. The lowest BCUT2D eigenvalue weighted by Crippen LogP contribution is -2.30. The van der Waals surface area contributed by atoms with Crippen LogP contribution < -0.4 is 10.6 Å². The maximum absolute atomic E-state index is 12.7. The lowest BCUT2D eigenvalue weighted by Gasteiger charge is -2.18. The van der Waals surface area contributed by atoms with Gasteiger partial charge in [0.2, 0.25) is 5.91 Å². The molecule has 0 saturated carbocycles. The van der Waals surface area contributed by atoms with Gasteiger partial charge in [-0.15, -0.1) is 11.3 Å². The molecular formula is C18H18N4O2S. The van der Waals surface area contributed by atoms with E-state index in [4.69, 9.17) is 0 Å². The zero-order valence-corrected chi connectivity index (χ0v) is 14.7. The Bertz CT molecular complexity index is 885. The number of hydrogen-bond donors (Lipinski definition) is 2. The third-order valence-electron chi connectivity index (χ3n) is 3.65. The monoisotopic (exact) mass is 354 g/mol. The van der Waals surface area contributed by atoms with Crippen molar-refractivity contribution in [3.05, 3.63) is 71.1 Å². The van der Waals surface area contributed by atoms with Crippen LogP contribution in [0.2, 0.25) is 0 Å². The number of carbonyl (C=O) groups is 2. The van der Waals surface area contributed by atoms with Crippen molar-refractivity contribution in [2.24, 2.45) is 7.05 Å². The highest BCUT2D eigenvalue weighted by molar-refractivity contribution is 7.18. The van der Waals surface area contributed by atoms with Crippen LogP contribution in [0.3, 0.4) is 0 Å². The molecule has 0 aliphatic heterocycles. The largest absolute Gasteiger partial charge is 0.337 e. The Kier molecular flexibility index (Phi) is 4.95. The third-order valence-corrected chi connectivity index (χ3v) is 4.65. The molecule has 0 bridgehead atoms. The number of amides is 2. The molecule has 2 N–H and O–H groups in total. The number of nitrogens with one attached hydrogen (secondary N) is 2. The van der Waals surface area contributed by atoms with Crippen molar-refractivity contribution in [2.45, 2.75) is 13.0 Å². The molecule has 1 aromatic carbocycles. The Morgan fingerprint density at radius 1 is 1.16 bits per heavy atom. The Morgan fingerprint density at radius 2 is 1.92 bits per heavy atom. The molecule has 0 fully saturated rings. The zero-order valence-electron chi connectivity index (χ0n) is 13.9. The van der Waals surface area contributed by atoms with Gasteiger partial charge in [-0.05, 0) is 17.7 Å². The van der Waals surface area contributed by atoms with Gasteiger partial charge < -0.3 is 15.2 Å². The molecule has 2 heterocycles. The minimum atomic E-state index is -0.361.